The minimum Gasteiger partial charge on any atom is -0.464 e. The van der Waals surface area contributed by atoms with E-state index in [2.05, 4.69) is 28.8 Å². The molecule has 5 heteroatoms. The molecule has 0 bridgehead atoms. The first-order valence-electron chi connectivity index (χ1n) is 8.44. The maximum Gasteiger partial charge on any atom is 0.230 e. The number of benzene rings is 1. The summed E-state index contributed by atoms with van der Waals surface area (Å²) in [5, 5.41) is 0.857. The topological polar surface area (TPSA) is 61.0 Å². The van der Waals surface area contributed by atoms with Crippen LogP contribution in [-0.2, 0) is 0 Å². The van der Waals surface area contributed by atoms with E-state index in [1.54, 1.807) is 18.8 Å². The van der Waals surface area contributed by atoms with Crippen molar-refractivity contribution in [3.63, 3.8) is 0 Å². The number of rotatable bonds is 3. The fourth-order valence-electron chi connectivity index (χ4n) is 3.39. The van der Waals surface area contributed by atoms with Gasteiger partial charge in [0.1, 0.15) is 17.7 Å². The summed E-state index contributed by atoms with van der Waals surface area (Å²) in [6.45, 7) is 8.17. The van der Waals surface area contributed by atoms with Crippen molar-refractivity contribution in [1.29, 1.82) is 0 Å². The minimum atomic E-state index is 0.540. The molecule has 0 aliphatic rings. The third-order valence-corrected chi connectivity index (χ3v) is 4.54. The van der Waals surface area contributed by atoms with Crippen molar-refractivity contribution in [2.24, 2.45) is 0 Å². The smallest absolute Gasteiger partial charge is 0.230 e. The lowest BCUT2D eigenvalue weighted by Gasteiger charge is -2.16. The number of hydrogen-bond acceptors (Lipinski definition) is 5. The van der Waals surface area contributed by atoms with E-state index >= 15 is 0 Å². The van der Waals surface area contributed by atoms with Gasteiger partial charge in [-0.1, -0.05) is 0 Å². The summed E-state index contributed by atoms with van der Waals surface area (Å²) in [7, 11) is 0. The third-order valence-electron chi connectivity index (χ3n) is 4.54. The molecule has 4 aromatic rings. The quantitative estimate of drug-likeness (QED) is 0.503. The zero-order chi connectivity index (χ0) is 18.3. The first-order chi connectivity index (χ1) is 12.5. The SMILES string of the molecule is Cc1cc(Oc2nccc3occc23)cc(C)c1-c1c(C)ncnc1C. The Labute approximate surface area is 151 Å². The van der Waals surface area contributed by atoms with E-state index in [9.17, 15) is 0 Å². The van der Waals surface area contributed by atoms with Gasteiger partial charge in [0.05, 0.1) is 11.6 Å². The van der Waals surface area contributed by atoms with E-state index in [4.69, 9.17) is 9.15 Å². The molecule has 130 valence electrons. The van der Waals surface area contributed by atoms with Crippen molar-refractivity contribution in [2.75, 3.05) is 0 Å². The lowest BCUT2D eigenvalue weighted by atomic mass is 9.93. The van der Waals surface area contributed by atoms with Gasteiger partial charge in [-0.3, -0.25) is 0 Å². The number of fused-ring (bicyclic) bond motifs is 1. The molecule has 0 fully saturated rings. The van der Waals surface area contributed by atoms with E-state index in [0.717, 1.165) is 50.4 Å². The van der Waals surface area contributed by atoms with Crippen LogP contribution in [-0.4, -0.2) is 15.0 Å². The lowest BCUT2D eigenvalue weighted by Crippen LogP contribution is -1.99. The highest BCUT2D eigenvalue weighted by Gasteiger charge is 2.15. The van der Waals surface area contributed by atoms with Crippen LogP contribution in [0, 0.1) is 27.7 Å². The molecule has 0 N–H and O–H groups in total. The number of nitrogens with zero attached hydrogens (tertiary/aromatic N) is 3. The van der Waals surface area contributed by atoms with Gasteiger partial charge in [0.2, 0.25) is 5.88 Å². The van der Waals surface area contributed by atoms with Crippen LogP contribution in [0.25, 0.3) is 22.1 Å². The van der Waals surface area contributed by atoms with Crippen molar-refractivity contribution in [1.82, 2.24) is 15.0 Å². The predicted octanol–water partition coefficient (Wildman–Crippen LogP) is 5.31. The molecule has 26 heavy (non-hydrogen) atoms. The fraction of sp³-hybridized carbons (Fsp3) is 0.190. The van der Waals surface area contributed by atoms with Crippen molar-refractivity contribution in [3.8, 4) is 22.8 Å². The summed E-state index contributed by atoms with van der Waals surface area (Å²) in [4.78, 5) is 13.0. The Morgan fingerprint density at radius 2 is 1.54 bits per heavy atom. The van der Waals surface area contributed by atoms with Gasteiger partial charge in [0.15, 0.2) is 0 Å². The molecule has 0 saturated heterocycles. The average Bonchev–Trinajstić information content (AvgIpc) is 3.06. The zero-order valence-electron chi connectivity index (χ0n) is 15.2. The van der Waals surface area contributed by atoms with Crippen LogP contribution in [0.5, 0.6) is 11.6 Å². The van der Waals surface area contributed by atoms with Crippen LogP contribution in [0.15, 0.2) is 47.5 Å². The molecule has 0 amide bonds. The van der Waals surface area contributed by atoms with Crippen LogP contribution in [0.3, 0.4) is 0 Å². The lowest BCUT2D eigenvalue weighted by molar-refractivity contribution is 0.468. The summed E-state index contributed by atoms with van der Waals surface area (Å²) in [5.41, 5.74) is 7.17. The van der Waals surface area contributed by atoms with Gasteiger partial charge in [-0.2, -0.15) is 0 Å². The predicted molar refractivity (Wildman–Crippen MR) is 100 cm³/mol. The Hall–Kier alpha value is -3.21. The van der Waals surface area contributed by atoms with Crippen molar-refractivity contribution in [2.45, 2.75) is 27.7 Å². The second-order valence-electron chi connectivity index (χ2n) is 6.40. The third kappa shape index (κ3) is 2.71. The van der Waals surface area contributed by atoms with Gasteiger partial charge < -0.3 is 9.15 Å². The molecular formula is C21H19N3O2. The molecule has 1 aromatic carbocycles. The van der Waals surface area contributed by atoms with Crippen molar-refractivity contribution >= 4 is 11.0 Å². The molecule has 0 aliphatic carbocycles. The Kier molecular flexibility index (Phi) is 3.92. The molecule has 5 nitrogen and oxygen atoms in total. The number of aromatic nitrogens is 3. The Bertz CT molecular complexity index is 1070. The molecule has 3 aromatic heterocycles. The van der Waals surface area contributed by atoms with Crippen molar-refractivity contribution < 1.29 is 9.15 Å². The summed E-state index contributed by atoms with van der Waals surface area (Å²) in [6.07, 6.45) is 4.93. The highest BCUT2D eigenvalue weighted by molar-refractivity contribution is 5.82. The highest BCUT2D eigenvalue weighted by atomic mass is 16.5. The monoisotopic (exact) mass is 345 g/mol. The summed E-state index contributed by atoms with van der Waals surface area (Å²) < 4.78 is 11.5. The summed E-state index contributed by atoms with van der Waals surface area (Å²) in [5.74, 6) is 1.29. The molecule has 0 atom stereocenters. The molecular weight excluding hydrogens is 326 g/mol. The Morgan fingerprint density at radius 1 is 0.846 bits per heavy atom. The number of furan rings is 1. The van der Waals surface area contributed by atoms with Crippen LogP contribution < -0.4 is 4.74 Å². The zero-order valence-corrected chi connectivity index (χ0v) is 15.2. The fourth-order valence-corrected chi connectivity index (χ4v) is 3.39. The Balaban J connectivity index is 1.78. The Morgan fingerprint density at radius 3 is 2.23 bits per heavy atom. The van der Waals surface area contributed by atoms with E-state index in [1.807, 2.05) is 38.1 Å². The molecule has 0 unspecified atom stereocenters. The largest absolute Gasteiger partial charge is 0.464 e. The van der Waals surface area contributed by atoms with Crippen LogP contribution >= 0.6 is 0 Å². The van der Waals surface area contributed by atoms with Crippen molar-refractivity contribution in [3.05, 3.63) is 65.6 Å². The van der Waals surface area contributed by atoms with E-state index in [1.165, 1.54) is 0 Å². The molecule has 0 saturated carbocycles. The number of pyridine rings is 1. The van der Waals surface area contributed by atoms with E-state index in [0.29, 0.717) is 5.88 Å². The minimum absolute atomic E-state index is 0.540. The first kappa shape index (κ1) is 16.3. The van der Waals surface area contributed by atoms with Crippen LogP contribution in [0.2, 0.25) is 0 Å². The normalized spacial score (nSPS) is 11.1. The van der Waals surface area contributed by atoms with Gasteiger partial charge in [-0.25, -0.2) is 15.0 Å². The first-order valence-corrected chi connectivity index (χ1v) is 8.44. The second-order valence-corrected chi connectivity index (χ2v) is 6.40. The maximum atomic E-state index is 6.06. The number of aryl methyl sites for hydroxylation is 4. The van der Waals surface area contributed by atoms with Gasteiger partial charge in [-0.15, -0.1) is 0 Å². The number of ether oxygens (including phenoxy) is 1. The second kappa shape index (κ2) is 6.26. The van der Waals surface area contributed by atoms with Crippen LogP contribution in [0.4, 0.5) is 0 Å². The standard InChI is InChI=1S/C21H19N3O2/c1-12-9-16(26-21-17-6-8-25-18(17)5-7-22-21)10-13(2)19(12)20-14(3)23-11-24-15(20)4/h5-11H,1-4H3. The van der Waals surface area contributed by atoms with Gasteiger partial charge in [0.25, 0.3) is 0 Å². The summed E-state index contributed by atoms with van der Waals surface area (Å²) >= 11 is 0. The highest BCUT2D eigenvalue weighted by Crippen LogP contribution is 2.36. The number of hydrogen-bond donors (Lipinski definition) is 0. The average molecular weight is 345 g/mol. The van der Waals surface area contributed by atoms with E-state index < -0.39 is 0 Å². The van der Waals surface area contributed by atoms with Gasteiger partial charge >= 0.3 is 0 Å². The van der Waals surface area contributed by atoms with E-state index in [-0.39, 0.29) is 0 Å². The molecule has 0 aliphatic heterocycles. The van der Waals surface area contributed by atoms with Gasteiger partial charge in [0, 0.05) is 23.1 Å². The molecule has 4 rings (SSSR count). The molecule has 0 spiro atoms. The van der Waals surface area contributed by atoms with Gasteiger partial charge in [-0.05, 0) is 68.7 Å². The van der Waals surface area contributed by atoms with Crippen LogP contribution in [0.1, 0.15) is 22.5 Å². The molecule has 0 radical (unpaired) electrons. The maximum absolute atomic E-state index is 6.06. The molecule has 3 heterocycles. The summed E-state index contributed by atoms with van der Waals surface area (Å²) in [6, 6.07) is 7.73.